The lowest BCUT2D eigenvalue weighted by Crippen LogP contribution is -2.47. The number of allylic oxidation sites excluding steroid dienone is 1. The molecule has 4 atom stereocenters. The molecular formula is C20H25NO4. The summed E-state index contributed by atoms with van der Waals surface area (Å²) in [5.41, 5.74) is 0.382. The molecule has 2 aliphatic carbocycles. The number of hydrogen-bond acceptors (Lipinski definition) is 4. The molecule has 1 amide bonds. The van der Waals surface area contributed by atoms with Gasteiger partial charge in [-0.15, -0.1) is 0 Å². The van der Waals surface area contributed by atoms with Gasteiger partial charge in [0.15, 0.2) is 0 Å². The van der Waals surface area contributed by atoms with Gasteiger partial charge in [-0.2, -0.15) is 0 Å². The van der Waals surface area contributed by atoms with Gasteiger partial charge in [-0.3, -0.25) is 4.79 Å². The largest absolute Gasteiger partial charge is 0.461 e. The number of benzene rings is 1. The van der Waals surface area contributed by atoms with Crippen molar-refractivity contribution in [3.05, 3.63) is 48.0 Å². The van der Waals surface area contributed by atoms with E-state index in [0.29, 0.717) is 0 Å². The van der Waals surface area contributed by atoms with Crippen molar-refractivity contribution in [2.45, 2.75) is 45.4 Å². The van der Waals surface area contributed by atoms with Crippen molar-refractivity contribution in [3.8, 4) is 0 Å². The Morgan fingerprint density at radius 1 is 1.12 bits per heavy atom. The van der Waals surface area contributed by atoms with Crippen LogP contribution in [-0.4, -0.2) is 23.7 Å². The molecule has 5 nitrogen and oxygen atoms in total. The van der Waals surface area contributed by atoms with Crippen LogP contribution in [0.4, 0.5) is 4.79 Å². The highest BCUT2D eigenvalue weighted by Crippen LogP contribution is 2.44. The highest BCUT2D eigenvalue weighted by atomic mass is 16.6. The molecule has 0 spiro atoms. The summed E-state index contributed by atoms with van der Waals surface area (Å²) in [6, 6.07) is 9.32. The van der Waals surface area contributed by atoms with Gasteiger partial charge in [0.25, 0.3) is 0 Å². The second-order valence-electron chi connectivity index (χ2n) is 7.74. The maximum atomic E-state index is 12.6. The lowest BCUT2D eigenvalue weighted by Gasteiger charge is -2.29. The van der Waals surface area contributed by atoms with Crippen LogP contribution in [0.2, 0.25) is 0 Å². The summed E-state index contributed by atoms with van der Waals surface area (Å²) in [5.74, 6) is -0.340. The average molecular weight is 343 g/mol. The fraction of sp³-hybridized carbons (Fsp3) is 0.500. The molecule has 1 aromatic carbocycles. The zero-order chi connectivity index (χ0) is 18.0. The van der Waals surface area contributed by atoms with Crippen molar-refractivity contribution in [3.63, 3.8) is 0 Å². The molecule has 0 heterocycles. The summed E-state index contributed by atoms with van der Waals surface area (Å²) in [4.78, 5) is 24.8. The minimum Gasteiger partial charge on any atom is -0.461 e. The standard InChI is InChI=1S/C20H25NO4/c1-20(2,3)25-19(23)21-17-15-10-9-14(11-15)16(17)18(22)24-12-13-7-5-4-6-8-13/h4-10,14-17H,11-12H2,1-3H3,(H,21,23)/t14-,15+,16+,17-/m0/s1. The van der Waals surface area contributed by atoms with E-state index in [-0.39, 0.29) is 36.4 Å². The van der Waals surface area contributed by atoms with Crippen molar-refractivity contribution >= 4 is 12.1 Å². The fourth-order valence-electron chi connectivity index (χ4n) is 3.61. The van der Waals surface area contributed by atoms with E-state index in [1.165, 1.54) is 0 Å². The lowest BCUT2D eigenvalue weighted by atomic mass is 9.89. The third-order valence-corrected chi connectivity index (χ3v) is 4.64. The zero-order valence-electron chi connectivity index (χ0n) is 14.9. The number of esters is 1. The normalized spacial score (nSPS) is 27.2. The van der Waals surface area contributed by atoms with Crippen LogP contribution in [-0.2, 0) is 20.9 Å². The van der Waals surface area contributed by atoms with Crippen LogP contribution in [0.3, 0.4) is 0 Å². The smallest absolute Gasteiger partial charge is 0.407 e. The van der Waals surface area contributed by atoms with Gasteiger partial charge in [0, 0.05) is 0 Å². The van der Waals surface area contributed by atoms with E-state index < -0.39 is 11.7 Å². The van der Waals surface area contributed by atoms with E-state index in [4.69, 9.17) is 9.47 Å². The lowest BCUT2D eigenvalue weighted by molar-refractivity contribution is -0.151. The van der Waals surface area contributed by atoms with Crippen molar-refractivity contribution in [2.75, 3.05) is 0 Å². The van der Waals surface area contributed by atoms with Crippen molar-refractivity contribution in [1.29, 1.82) is 0 Å². The summed E-state index contributed by atoms with van der Waals surface area (Å²) < 4.78 is 10.9. The van der Waals surface area contributed by atoms with Crippen LogP contribution in [0, 0.1) is 17.8 Å². The molecule has 3 rings (SSSR count). The maximum Gasteiger partial charge on any atom is 0.407 e. The number of ether oxygens (including phenoxy) is 2. The highest BCUT2D eigenvalue weighted by Gasteiger charge is 2.50. The minimum absolute atomic E-state index is 0.119. The zero-order valence-corrected chi connectivity index (χ0v) is 14.9. The quantitative estimate of drug-likeness (QED) is 0.672. The number of nitrogens with one attached hydrogen (secondary N) is 1. The Kier molecular flexibility index (Phi) is 4.84. The third-order valence-electron chi connectivity index (χ3n) is 4.64. The molecule has 0 unspecified atom stereocenters. The number of rotatable bonds is 4. The van der Waals surface area contributed by atoms with Crippen LogP contribution < -0.4 is 5.32 Å². The van der Waals surface area contributed by atoms with E-state index in [1.54, 1.807) is 0 Å². The Morgan fingerprint density at radius 3 is 2.48 bits per heavy atom. The van der Waals surface area contributed by atoms with E-state index in [9.17, 15) is 9.59 Å². The Balaban J connectivity index is 1.63. The van der Waals surface area contributed by atoms with Crippen molar-refractivity contribution < 1.29 is 19.1 Å². The van der Waals surface area contributed by atoms with Crippen LogP contribution in [0.25, 0.3) is 0 Å². The Labute approximate surface area is 148 Å². The molecule has 1 saturated carbocycles. The van der Waals surface area contributed by atoms with Gasteiger partial charge in [-0.05, 0) is 44.6 Å². The first-order chi connectivity index (χ1) is 11.8. The number of hydrogen-bond donors (Lipinski definition) is 1. The molecule has 25 heavy (non-hydrogen) atoms. The fourth-order valence-corrected chi connectivity index (χ4v) is 3.61. The predicted molar refractivity (Wildman–Crippen MR) is 93.6 cm³/mol. The van der Waals surface area contributed by atoms with Gasteiger partial charge < -0.3 is 14.8 Å². The summed E-state index contributed by atoms with van der Waals surface area (Å²) in [7, 11) is 0. The molecule has 2 bridgehead atoms. The second-order valence-corrected chi connectivity index (χ2v) is 7.74. The summed E-state index contributed by atoms with van der Waals surface area (Å²) in [6.07, 6.45) is 4.52. The van der Waals surface area contributed by atoms with Gasteiger partial charge in [-0.1, -0.05) is 42.5 Å². The van der Waals surface area contributed by atoms with Crippen LogP contribution in [0.1, 0.15) is 32.8 Å². The highest BCUT2D eigenvalue weighted by molar-refractivity contribution is 5.77. The molecule has 0 aliphatic heterocycles. The van der Waals surface area contributed by atoms with Gasteiger partial charge in [0.05, 0.1) is 12.0 Å². The first-order valence-electron chi connectivity index (χ1n) is 8.72. The van der Waals surface area contributed by atoms with E-state index in [2.05, 4.69) is 17.5 Å². The number of alkyl carbamates (subject to hydrolysis) is 1. The molecule has 134 valence electrons. The predicted octanol–water partition coefficient (Wildman–Crippen LogP) is 3.45. The van der Waals surface area contributed by atoms with Gasteiger partial charge in [0.1, 0.15) is 12.2 Å². The Hall–Kier alpha value is -2.30. The first kappa shape index (κ1) is 17.5. The number of amides is 1. The molecular weight excluding hydrogens is 318 g/mol. The van der Waals surface area contributed by atoms with Crippen molar-refractivity contribution in [2.24, 2.45) is 17.8 Å². The number of carbonyl (C=O) groups excluding carboxylic acids is 2. The van der Waals surface area contributed by atoms with E-state index in [0.717, 1.165) is 12.0 Å². The van der Waals surface area contributed by atoms with Gasteiger partial charge >= 0.3 is 12.1 Å². The Morgan fingerprint density at radius 2 is 1.80 bits per heavy atom. The molecule has 0 aromatic heterocycles. The van der Waals surface area contributed by atoms with Crippen LogP contribution >= 0.6 is 0 Å². The molecule has 5 heteroatoms. The molecule has 1 aromatic rings. The topological polar surface area (TPSA) is 64.6 Å². The van der Waals surface area contributed by atoms with Gasteiger partial charge in [0.2, 0.25) is 0 Å². The van der Waals surface area contributed by atoms with E-state index in [1.807, 2.05) is 51.1 Å². The minimum atomic E-state index is -0.569. The van der Waals surface area contributed by atoms with Gasteiger partial charge in [-0.25, -0.2) is 4.79 Å². The average Bonchev–Trinajstić information content (AvgIpc) is 3.13. The molecule has 1 fully saturated rings. The van der Waals surface area contributed by atoms with E-state index >= 15 is 0 Å². The second kappa shape index (κ2) is 6.90. The van der Waals surface area contributed by atoms with Crippen molar-refractivity contribution in [1.82, 2.24) is 5.32 Å². The SMILES string of the molecule is CC(C)(C)OC(=O)N[C@@H]1[C@H](C(=O)OCc2ccccc2)[C@H]2C=C[C@@H]1C2. The molecule has 2 aliphatic rings. The monoisotopic (exact) mass is 343 g/mol. The Bertz CT molecular complexity index is 662. The summed E-state index contributed by atoms with van der Waals surface area (Å²) in [5, 5.41) is 2.88. The molecule has 0 saturated heterocycles. The molecule has 1 N–H and O–H groups in total. The molecule has 0 radical (unpaired) electrons. The third kappa shape index (κ3) is 4.21. The van der Waals surface area contributed by atoms with Crippen LogP contribution in [0.15, 0.2) is 42.5 Å². The van der Waals surface area contributed by atoms with Crippen LogP contribution in [0.5, 0.6) is 0 Å². The first-order valence-corrected chi connectivity index (χ1v) is 8.72. The number of fused-ring (bicyclic) bond motifs is 2. The maximum absolute atomic E-state index is 12.6. The summed E-state index contributed by atoms with van der Waals surface area (Å²) >= 11 is 0. The summed E-state index contributed by atoms with van der Waals surface area (Å²) in [6.45, 7) is 5.70. The number of carbonyl (C=O) groups is 2.